The van der Waals surface area contributed by atoms with Gasteiger partial charge in [0.1, 0.15) is 5.60 Å². The molecule has 2 fully saturated rings. The molecule has 1 aromatic rings. The molecule has 8 heteroatoms. The summed E-state index contributed by atoms with van der Waals surface area (Å²) in [6.45, 7) is 1.96. The molecule has 2 aliphatic rings. The number of carboxylic acids is 1. The highest BCUT2D eigenvalue weighted by Gasteiger charge is 2.47. The second kappa shape index (κ2) is 7.65. The number of nitrogens with zero attached hydrogens (tertiary/aromatic N) is 2. The van der Waals surface area contributed by atoms with E-state index in [4.69, 9.17) is 9.84 Å². The lowest BCUT2D eigenvalue weighted by Gasteiger charge is -2.37. The molecular weight excluding hydrogens is 404 g/mol. The van der Waals surface area contributed by atoms with Crippen molar-refractivity contribution in [1.82, 2.24) is 9.80 Å². The molecule has 0 bridgehead atoms. The van der Waals surface area contributed by atoms with Crippen molar-refractivity contribution in [2.45, 2.75) is 37.8 Å². The molecule has 2 aliphatic heterocycles. The smallest absolute Gasteiger partial charge is 0.410 e. The fourth-order valence-electron chi connectivity index (χ4n) is 3.47. The highest BCUT2D eigenvalue weighted by atomic mass is 79.9. The van der Waals surface area contributed by atoms with Crippen molar-refractivity contribution in [3.05, 3.63) is 34.3 Å². The van der Waals surface area contributed by atoms with Gasteiger partial charge in [-0.15, -0.1) is 0 Å². The van der Waals surface area contributed by atoms with Crippen molar-refractivity contribution in [1.29, 1.82) is 0 Å². The molecule has 26 heavy (non-hydrogen) atoms. The fourth-order valence-corrected chi connectivity index (χ4v) is 3.91. The van der Waals surface area contributed by atoms with E-state index in [0.717, 1.165) is 10.0 Å². The Bertz CT molecular complexity index is 715. The minimum Gasteiger partial charge on any atom is -0.481 e. The molecule has 7 nitrogen and oxygen atoms in total. The van der Waals surface area contributed by atoms with Crippen molar-refractivity contribution in [3.63, 3.8) is 0 Å². The predicted octanol–water partition coefficient (Wildman–Crippen LogP) is 2.63. The number of amides is 2. The molecule has 2 saturated heterocycles. The van der Waals surface area contributed by atoms with E-state index in [1.165, 1.54) is 0 Å². The van der Waals surface area contributed by atoms with E-state index in [-0.39, 0.29) is 24.8 Å². The third-order valence-corrected chi connectivity index (χ3v) is 5.38. The fraction of sp³-hybridized carbons (Fsp3) is 0.500. The van der Waals surface area contributed by atoms with E-state index in [1.54, 1.807) is 9.80 Å². The summed E-state index contributed by atoms with van der Waals surface area (Å²) in [5, 5.41) is 8.69. The van der Waals surface area contributed by atoms with Crippen molar-refractivity contribution in [3.8, 4) is 0 Å². The van der Waals surface area contributed by atoms with Gasteiger partial charge in [0.05, 0.1) is 13.0 Å². The van der Waals surface area contributed by atoms with E-state index < -0.39 is 11.6 Å². The lowest BCUT2D eigenvalue weighted by molar-refractivity contribution is -0.142. The molecule has 2 amide bonds. The second-order valence-electron chi connectivity index (χ2n) is 6.81. The molecule has 0 aliphatic carbocycles. The summed E-state index contributed by atoms with van der Waals surface area (Å²) in [6.07, 6.45) is 0.683. The van der Waals surface area contributed by atoms with E-state index in [2.05, 4.69) is 15.9 Å². The molecule has 1 spiro atoms. The number of piperidine rings is 1. The summed E-state index contributed by atoms with van der Waals surface area (Å²) in [6, 6.07) is 7.80. The van der Waals surface area contributed by atoms with Gasteiger partial charge in [-0.05, 0) is 17.7 Å². The van der Waals surface area contributed by atoms with Crippen LogP contribution >= 0.6 is 15.9 Å². The van der Waals surface area contributed by atoms with Crippen LogP contribution in [0.5, 0.6) is 0 Å². The minimum atomic E-state index is -0.972. The van der Waals surface area contributed by atoms with Crippen LogP contribution in [0.2, 0.25) is 0 Å². The average molecular weight is 425 g/mol. The molecule has 0 aromatic heterocycles. The van der Waals surface area contributed by atoms with Gasteiger partial charge in [-0.25, -0.2) is 4.79 Å². The van der Waals surface area contributed by atoms with Gasteiger partial charge < -0.3 is 14.7 Å². The van der Waals surface area contributed by atoms with Crippen molar-refractivity contribution in [2.75, 3.05) is 19.6 Å². The van der Waals surface area contributed by atoms with Crippen LogP contribution in [0.15, 0.2) is 28.7 Å². The number of aliphatic carboxylic acids is 1. The minimum absolute atomic E-state index is 0.0110. The number of hydrogen-bond acceptors (Lipinski definition) is 4. The van der Waals surface area contributed by atoms with Gasteiger partial charge in [-0.3, -0.25) is 14.5 Å². The number of ether oxygens (including phenoxy) is 1. The zero-order valence-electron chi connectivity index (χ0n) is 14.3. The van der Waals surface area contributed by atoms with Gasteiger partial charge >= 0.3 is 12.1 Å². The van der Waals surface area contributed by atoms with Crippen LogP contribution in [0, 0.1) is 0 Å². The normalized spacial score (nSPS) is 18.9. The van der Waals surface area contributed by atoms with E-state index in [9.17, 15) is 14.4 Å². The average Bonchev–Trinajstić information content (AvgIpc) is 2.88. The summed E-state index contributed by atoms with van der Waals surface area (Å²) >= 11 is 3.43. The maximum atomic E-state index is 12.3. The first-order valence-electron chi connectivity index (χ1n) is 8.59. The molecule has 0 unspecified atom stereocenters. The zero-order chi connectivity index (χ0) is 18.7. The van der Waals surface area contributed by atoms with Gasteiger partial charge in [-0.1, -0.05) is 28.1 Å². The number of benzene rings is 1. The van der Waals surface area contributed by atoms with Gasteiger partial charge in [-0.2, -0.15) is 0 Å². The Morgan fingerprint density at radius 3 is 2.62 bits per heavy atom. The summed E-state index contributed by atoms with van der Waals surface area (Å²) in [5.41, 5.74) is 0.474. The molecular formula is C18H21BrN2O5. The molecule has 1 aromatic carbocycles. The lowest BCUT2D eigenvalue weighted by atomic mass is 9.91. The van der Waals surface area contributed by atoms with E-state index in [1.807, 2.05) is 24.3 Å². The lowest BCUT2D eigenvalue weighted by Crippen LogP contribution is -2.48. The summed E-state index contributed by atoms with van der Waals surface area (Å²) < 4.78 is 6.64. The molecule has 0 saturated carbocycles. The Balaban J connectivity index is 1.55. The summed E-state index contributed by atoms with van der Waals surface area (Å²) in [5.74, 6) is -1.13. The van der Waals surface area contributed by atoms with E-state index >= 15 is 0 Å². The van der Waals surface area contributed by atoms with Crippen LogP contribution in [-0.4, -0.2) is 58.1 Å². The number of halogens is 1. The quantitative estimate of drug-likeness (QED) is 0.784. The number of carbonyl (C=O) groups is 3. The summed E-state index contributed by atoms with van der Waals surface area (Å²) in [4.78, 5) is 38.3. The maximum absolute atomic E-state index is 12.3. The van der Waals surface area contributed by atoms with Crippen molar-refractivity contribution >= 4 is 33.9 Å². The Hall–Kier alpha value is -2.09. The Kier molecular flexibility index (Phi) is 5.50. The van der Waals surface area contributed by atoms with Crippen LogP contribution in [0.3, 0.4) is 0 Å². The number of likely N-dealkylation sites (tertiary alicyclic amines) is 1. The van der Waals surface area contributed by atoms with E-state index in [0.29, 0.717) is 39.0 Å². The molecule has 0 radical (unpaired) electrons. The monoisotopic (exact) mass is 424 g/mol. The number of carbonyl (C=O) groups excluding carboxylic acids is 2. The van der Waals surface area contributed by atoms with Gasteiger partial charge in [0, 0.05) is 43.4 Å². The molecule has 2 heterocycles. The van der Waals surface area contributed by atoms with Crippen LogP contribution in [0.25, 0.3) is 0 Å². The molecule has 1 N–H and O–H groups in total. The number of carboxylic acid groups (broad SMARTS) is 1. The Morgan fingerprint density at radius 1 is 1.23 bits per heavy atom. The van der Waals surface area contributed by atoms with Gasteiger partial charge in [0.25, 0.3) is 0 Å². The Morgan fingerprint density at radius 2 is 1.96 bits per heavy atom. The standard InChI is InChI=1S/C18H21BrN2O5/c19-14-3-1-2-13(10-14)11-21-12-18(26-17(21)25)6-8-20(9-7-18)15(22)4-5-16(23)24/h1-3,10H,4-9,11-12H2,(H,23,24). The third-order valence-electron chi connectivity index (χ3n) is 4.88. The predicted molar refractivity (Wildman–Crippen MR) is 96.4 cm³/mol. The molecule has 140 valence electrons. The number of hydrogen-bond donors (Lipinski definition) is 1. The zero-order valence-corrected chi connectivity index (χ0v) is 15.9. The van der Waals surface area contributed by atoms with Crippen molar-refractivity contribution < 1.29 is 24.2 Å². The topological polar surface area (TPSA) is 87.2 Å². The number of rotatable bonds is 5. The van der Waals surface area contributed by atoms with Crippen LogP contribution in [0.4, 0.5) is 4.79 Å². The highest BCUT2D eigenvalue weighted by Crippen LogP contribution is 2.34. The molecule has 3 rings (SSSR count). The van der Waals surface area contributed by atoms with Crippen LogP contribution < -0.4 is 0 Å². The highest BCUT2D eigenvalue weighted by molar-refractivity contribution is 9.10. The second-order valence-corrected chi connectivity index (χ2v) is 7.73. The molecule has 0 atom stereocenters. The summed E-state index contributed by atoms with van der Waals surface area (Å²) in [7, 11) is 0. The van der Waals surface area contributed by atoms with Crippen molar-refractivity contribution in [2.24, 2.45) is 0 Å². The SMILES string of the molecule is O=C(O)CCC(=O)N1CCC2(CC1)CN(Cc1cccc(Br)c1)C(=O)O2. The first-order chi connectivity index (χ1) is 12.4. The van der Waals surface area contributed by atoms with Crippen LogP contribution in [-0.2, 0) is 20.9 Å². The third kappa shape index (κ3) is 4.35. The largest absolute Gasteiger partial charge is 0.481 e. The van der Waals surface area contributed by atoms with Gasteiger partial charge in [0.2, 0.25) is 5.91 Å². The maximum Gasteiger partial charge on any atom is 0.410 e. The Labute approximate surface area is 160 Å². The first-order valence-corrected chi connectivity index (χ1v) is 9.38. The first kappa shape index (κ1) is 18.7. The van der Waals surface area contributed by atoms with Crippen LogP contribution in [0.1, 0.15) is 31.2 Å². The van der Waals surface area contributed by atoms with Gasteiger partial charge in [0.15, 0.2) is 0 Å².